The summed E-state index contributed by atoms with van der Waals surface area (Å²) in [6.07, 6.45) is -16.5. The van der Waals surface area contributed by atoms with Gasteiger partial charge in [0.05, 0.1) is 22.3 Å². The van der Waals surface area contributed by atoms with Crippen molar-refractivity contribution in [2.24, 2.45) is 11.8 Å². The van der Waals surface area contributed by atoms with Crippen molar-refractivity contribution in [3.8, 4) is 0 Å². The van der Waals surface area contributed by atoms with E-state index in [1.165, 1.54) is 0 Å². The maximum absolute atomic E-state index is 12.9. The van der Waals surface area contributed by atoms with Crippen LogP contribution < -0.4 is 0 Å². The first-order chi connectivity index (χ1) is 12.0. The van der Waals surface area contributed by atoms with E-state index in [0.717, 1.165) is 0 Å². The van der Waals surface area contributed by atoms with Gasteiger partial charge in [0.2, 0.25) is 10.0 Å². The maximum Gasteiger partial charge on any atom is 0.416 e. The quantitative estimate of drug-likeness (QED) is 0.652. The first-order valence-corrected chi connectivity index (χ1v) is 8.78. The van der Waals surface area contributed by atoms with Crippen LogP contribution in [-0.4, -0.2) is 38.2 Å². The second kappa shape index (κ2) is 6.83. The van der Waals surface area contributed by atoms with Crippen LogP contribution in [-0.2, 0) is 16.2 Å². The van der Waals surface area contributed by atoms with E-state index in [0.29, 0.717) is 18.2 Å². The Morgan fingerprint density at radius 2 is 1.33 bits per heavy atom. The number of rotatable bonds is 2. The molecule has 1 saturated heterocycles. The van der Waals surface area contributed by atoms with Crippen LogP contribution in [0.15, 0.2) is 29.2 Å². The summed E-state index contributed by atoms with van der Waals surface area (Å²) in [5, 5.41) is 0. The Bertz CT molecular complexity index is 761. The van der Waals surface area contributed by atoms with Crippen molar-refractivity contribution in [1.29, 1.82) is 0 Å². The van der Waals surface area contributed by atoms with Gasteiger partial charge in [0, 0.05) is 13.1 Å². The van der Waals surface area contributed by atoms with Crippen molar-refractivity contribution < 1.29 is 47.9 Å². The molecule has 1 aromatic carbocycles. The van der Waals surface area contributed by atoms with Gasteiger partial charge in [-0.05, 0) is 24.6 Å². The van der Waals surface area contributed by atoms with Gasteiger partial charge in [-0.25, -0.2) is 8.42 Å². The molecule has 1 fully saturated rings. The average Bonchev–Trinajstić information content (AvgIpc) is 2.52. The molecule has 0 aliphatic carbocycles. The molecule has 1 aliphatic heterocycles. The third kappa shape index (κ3) is 4.86. The van der Waals surface area contributed by atoms with Gasteiger partial charge in [0.1, 0.15) is 0 Å². The summed E-state index contributed by atoms with van der Waals surface area (Å²) < 4.78 is 141. The normalized spacial score (nSPS) is 23.4. The number of hydrogen-bond acceptors (Lipinski definition) is 2. The molecule has 1 heterocycles. The Hall–Kier alpha value is -1.50. The number of hydrogen-bond donors (Lipinski definition) is 0. The minimum atomic E-state index is -5.09. The average molecular weight is 429 g/mol. The SMILES string of the molecule is O=S(=O)(c1cccc(C(F)(F)F)c1)N1C[C@@H](C(F)(F)F)C[C@H](C(F)(F)F)C1. The summed E-state index contributed by atoms with van der Waals surface area (Å²) in [7, 11) is -5.00. The van der Waals surface area contributed by atoms with Gasteiger partial charge in [-0.3, -0.25) is 0 Å². The van der Waals surface area contributed by atoms with Gasteiger partial charge in [-0.2, -0.15) is 43.8 Å². The van der Waals surface area contributed by atoms with Gasteiger partial charge in [0.25, 0.3) is 0 Å². The highest BCUT2D eigenvalue weighted by Gasteiger charge is 2.53. The molecular weight excluding hydrogens is 417 g/mol. The van der Waals surface area contributed by atoms with Crippen molar-refractivity contribution in [2.75, 3.05) is 13.1 Å². The van der Waals surface area contributed by atoms with E-state index in [1.807, 2.05) is 0 Å². The van der Waals surface area contributed by atoms with Crippen LogP contribution in [0.2, 0.25) is 0 Å². The van der Waals surface area contributed by atoms with E-state index >= 15 is 0 Å². The van der Waals surface area contributed by atoms with E-state index in [2.05, 4.69) is 0 Å². The highest BCUT2D eigenvalue weighted by molar-refractivity contribution is 7.89. The van der Waals surface area contributed by atoms with Crippen LogP contribution in [0, 0.1) is 11.8 Å². The molecule has 0 amide bonds. The Kier molecular flexibility index (Phi) is 5.52. The Morgan fingerprint density at radius 3 is 1.74 bits per heavy atom. The number of alkyl halides is 9. The van der Waals surface area contributed by atoms with Crippen molar-refractivity contribution in [3.05, 3.63) is 29.8 Å². The van der Waals surface area contributed by atoms with E-state index in [9.17, 15) is 47.9 Å². The van der Waals surface area contributed by atoms with Gasteiger partial charge >= 0.3 is 18.5 Å². The molecule has 0 spiro atoms. The summed E-state index contributed by atoms with van der Waals surface area (Å²) in [5.41, 5.74) is -1.39. The summed E-state index contributed by atoms with van der Waals surface area (Å²) in [6.45, 7) is -2.59. The molecule has 27 heavy (non-hydrogen) atoms. The van der Waals surface area contributed by atoms with E-state index < -0.39 is 70.4 Å². The summed E-state index contributed by atoms with van der Waals surface area (Å²) in [6, 6.07) is 2.11. The van der Waals surface area contributed by atoms with Crippen LogP contribution in [0.4, 0.5) is 39.5 Å². The fourth-order valence-corrected chi connectivity index (χ4v) is 4.29. The minimum Gasteiger partial charge on any atom is -0.207 e. The van der Waals surface area contributed by atoms with Crippen LogP contribution in [0.3, 0.4) is 0 Å². The van der Waals surface area contributed by atoms with E-state index in [-0.39, 0.29) is 10.4 Å². The minimum absolute atomic E-state index is 0.0533. The van der Waals surface area contributed by atoms with Crippen molar-refractivity contribution >= 4 is 10.0 Å². The smallest absolute Gasteiger partial charge is 0.207 e. The van der Waals surface area contributed by atoms with Crippen LogP contribution >= 0.6 is 0 Å². The third-order valence-corrected chi connectivity index (χ3v) is 5.97. The number of piperidine rings is 1. The fourth-order valence-electron chi connectivity index (χ4n) is 2.71. The maximum atomic E-state index is 12.9. The van der Waals surface area contributed by atoms with Gasteiger partial charge < -0.3 is 0 Å². The third-order valence-electron chi connectivity index (χ3n) is 4.14. The topological polar surface area (TPSA) is 37.4 Å². The zero-order valence-electron chi connectivity index (χ0n) is 13.2. The lowest BCUT2D eigenvalue weighted by Crippen LogP contribution is -2.51. The summed E-state index contributed by atoms with van der Waals surface area (Å²) in [5.74, 6) is -5.17. The number of nitrogens with zero attached hydrogens (tertiary/aromatic N) is 1. The Balaban J connectivity index is 2.44. The molecule has 0 saturated carbocycles. The van der Waals surface area contributed by atoms with Crippen molar-refractivity contribution in [3.63, 3.8) is 0 Å². The van der Waals surface area contributed by atoms with E-state index in [1.54, 1.807) is 0 Å². The fraction of sp³-hybridized carbons (Fsp3) is 0.571. The summed E-state index contributed by atoms with van der Waals surface area (Å²) in [4.78, 5) is -1.03. The highest BCUT2D eigenvalue weighted by atomic mass is 32.2. The lowest BCUT2D eigenvalue weighted by atomic mass is 9.89. The van der Waals surface area contributed by atoms with Crippen molar-refractivity contribution in [2.45, 2.75) is 29.8 Å². The molecule has 3 nitrogen and oxygen atoms in total. The van der Waals surface area contributed by atoms with Crippen LogP contribution in [0.1, 0.15) is 12.0 Å². The molecule has 13 heteroatoms. The molecule has 0 bridgehead atoms. The number of sulfonamides is 1. The first-order valence-electron chi connectivity index (χ1n) is 7.34. The van der Waals surface area contributed by atoms with E-state index in [4.69, 9.17) is 0 Å². The Morgan fingerprint density at radius 1 is 0.852 bits per heavy atom. The second-order valence-electron chi connectivity index (χ2n) is 6.06. The zero-order valence-corrected chi connectivity index (χ0v) is 14.0. The summed E-state index contributed by atoms with van der Waals surface area (Å²) >= 11 is 0. The van der Waals surface area contributed by atoms with Gasteiger partial charge in [-0.15, -0.1) is 0 Å². The standard InChI is InChI=1S/C14H12F9NO2S/c15-12(16,17)8-2-1-3-11(5-8)27(25,26)24-6-9(13(18,19)20)4-10(7-24)14(21,22)23/h1-3,5,9-10H,4,6-7H2/t9-,10-/m0/s1. The van der Waals surface area contributed by atoms with Gasteiger partial charge in [0.15, 0.2) is 0 Å². The molecule has 154 valence electrons. The molecule has 0 radical (unpaired) electrons. The van der Waals surface area contributed by atoms with Crippen molar-refractivity contribution in [1.82, 2.24) is 4.31 Å². The zero-order chi connectivity index (χ0) is 20.8. The molecule has 2 atom stereocenters. The van der Waals surface area contributed by atoms with Crippen LogP contribution in [0.5, 0.6) is 0 Å². The number of halogens is 9. The monoisotopic (exact) mass is 429 g/mol. The van der Waals surface area contributed by atoms with Gasteiger partial charge in [-0.1, -0.05) is 6.07 Å². The molecule has 0 unspecified atom stereocenters. The second-order valence-corrected chi connectivity index (χ2v) is 8.00. The number of benzene rings is 1. The Labute approximate surface area is 147 Å². The largest absolute Gasteiger partial charge is 0.416 e. The predicted octanol–water partition coefficient (Wildman–Crippen LogP) is 4.46. The molecule has 0 N–H and O–H groups in total. The first kappa shape index (κ1) is 21.8. The molecule has 2 rings (SSSR count). The lowest BCUT2D eigenvalue weighted by molar-refractivity contribution is -0.224. The molecule has 0 aromatic heterocycles. The lowest BCUT2D eigenvalue weighted by Gasteiger charge is -2.38. The highest BCUT2D eigenvalue weighted by Crippen LogP contribution is 2.43. The molecule has 1 aromatic rings. The molecule has 1 aliphatic rings. The predicted molar refractivity (Wildman–Crippen MR) is 73.9 cm³/mol. The van der Waals surface area contributed by atoms with Crippen LogP contribution in [0.25, 0.3) is 0 Å². The molecular formula is C14H12F9NO2S.